The van der Waals surface area contributed by atoms with Crippen molar-refractivity contribution in [2.45, 2.75) is 37.6 Å². The molecule has 0 aliphatic rings. The van der Waals surface area contributed by atoms with Crippen LogP contribution in [0.4, 0.5) is 10.5 Å². The molecule has 0 saturated heterocycles. The number of hydrogen-bond donors (Lipinski definition) is 2. The molecule has 0 saturated carbocycles. The van der Waals surface area contributed by atoms with Gasteiger partial charge in [0.05, 0.1) is 6.07 Å². The van der Waals surface area contributed by atoms with E-state index in [0.717, 1.165) is 21.6 Å². The Kier molecular flexibility index (Phi) is 9.17. The minimum Gasteiger partial charge on any atom is -0.465 e. The highest BCUT2D eigenvalue weighted by atomic mass is 35.5. The van der Waals surface area contributed by atoms with Crippen molar-refractivity contribution in [3.63, 3.8) is 0 Å². The van der Waals surface area contributed by atoms with E-state index in [2.05, 4.69) is 5.32 Å². The first-order valence-electron chi connectivity index (χ1n) is 9.87. The van der Waals surface area contributed by atoms with Gasteiger partial charge in [0.2, 0.25) is 5.91 Å². The summed E-state index contributed by atoms with van der Waals surface area (Å²) >= 11 is 11.9. The number of nitrogens with one attached hydrogen (secondary N) is 1. The van der Waals surface area contributed by atoms with E-state index in [1.807, 2.05) is 44.2 Å². The van der Waals surface area contributed by atoms with E-state index in [4.69, 9.17) is 28.5 Å². The Labute approximate surface area is 192 Å². The topological polar surface area (TPSA) is 93.4 Å². The number of nitrogens with zero attached hydrogens (tertiary/aromatic N) is 2. The van der Waals surface area contributed by atoms with Crippen molar-refractivity contribution in [2.75, 3.05) is 11.4 Å². The highest BCUT2D eigenvalue weighted by molar-refractivity contribution is 6.44. The molecule has 1 atom stereocenters. The molecule has 2 aromatic rings. The fourth-order valence-corrected chi connectivity index (χ4v) is 3.72. The molecule has 1 unspecified atom stereocenters. The van der Waals surface area contributed by atoms with Gasteiger partial charge in [0.1, 0.15) is 17.4 Å². The third-order valence-electron chi connectivity index (χ3n) is 4.70. The smallest absolute Gasteiger partial charge is 0.412 e. The van der Waals surface area contributed by atoms with Crippen LogP contribution in [-0.4, -0.2) is 34.5 Å². The Morgan fingerprint density at radius 3 is 2.32 bits per heavy atom. The van der Waals surface area contributed by atoms with Crippen LogP contribution in [0.3, 0.4) is 0 Å². The van der Waals surface area contributed by atoms with Crippen LogP contribution in [0.25, 0.3) is 11.1 Å². The molecule has 2 aromatic carbocycles. The van der Waals surface area contributed by atoms with Gasteiger partial charge in [-0.25, -0.2) is 4.79 Å². The molecule has 6 nitrogen and oxygen atoms in total. The minimum atomic E-state index is -1.24. The SMILES string of the molecule is CC(C)CC(C(=O)NCC#N)N(C(=O)O)c1ccc(-c2ccccc2CC(Cl)Cl)cc1. The van der Waals surface area contributed by atoms with Gasteiger partial charge in [-0.05, 0) is 41.2 Å². The van der Waals surface area contributed by atoms with Gasteiger partial charge in [0.15, 0.2) is 0 Å². The summed E-state index contributed by atoms with van der Waals surface area (Å²) in [5.74, 6) is -0.424. The fraction of sp³-hybridized carbons (Fsp3) is 0.348. The number of hydrogen-bond acceptors (Lipinski definition) is 3. The molecule has 0 aliphatic carbocycles. The second kappa shape index (κ2) is 11.6. The average Bonchev–Trinajstić information content (AvgIpc) is 2.71. The van der Waals surface area contributed by atoms with Crippen LogP contribution >= 0.6 is 23.2 Å². The summed E-state index contributed by atoms with van der Waals surface area (Å²) in [5, 5.41) is 21.1. The van der Waals surface area contributed by atoms with Gasteiger partial charge in [0.25, 0.3) is 0 Å². The second-order valence-corrected chi connectivity index (χ2v) is 8.75. The van der Waals surface area contributed by atoms with Gasteiger partial charge < -0.3 is 10.4 Å². The molecular weight excluding hydrogens is 437 g/mol. The summed E-state index contributed by atoms with van der Waals surface area (Å²) in [4.78, 5) is 25.2. The number of nitriles is 1. The number of amides is 2. The third-order valence-corrected chi connectivity index (χ3v) is 5.01. The first-order valence-corrected chi connectivity index (χ1v) is 10.7. The molecule has 31 heavy (non-hydrogen) atoms. The Balaban J connectivity index is 2.39. The summed E-state index contributed by atoms with van der Waals surface area (Å²) in [6, 6.07) is 15.6. The summed E-state index contributed by atoms with van der Waals surface area (Å²) < 4.78 is 0. The number of carbonyl (C=O) groups is 2. The molecular formula is C23H25Cl2N3O3. The summed E-state index contributed by atoms with van der Waals surface area (Å²) in [7, 11) is 0. The van der Waals surface area contributed by atoms with Crippen LogP contribution in [0.2, 0.25) is 0 Å². The summed E-state index contributed by atoms with van der Waals surface area (Å²) in [6.07, 6.45) is -0.434. The molecule has 0 radical (unpaired) electrons. The number of carbonyl (C=O) groups excluding carboxylic acids is 1. The molecule has 0 spiro atoms. The monoisotopic (exact) mass is 461 g/mol. The molecule has 2 rings (SSSR count). The lowest BCUT2D eigenvalue weighted by molar-refractivity contribution is -0.122. The van der Waals surface area contributed by atoms with Crippen molar-refractivity contribution in [3.05, 3.63) is 54.1 Å². The molecule has 2 amide bonds. The van der Waals surface area contributed by atoms with Crippen molar-refractivity contribution >= 4 is 40.9 Å². The van der Waals surface area contributed by atoms with Crippen molar-refractivity contribution in [3.8, 4) is 17.2 Å². The van der Waals surface area contributed by atoms with Crippen molar-refractivity contribution < 1.29 is 14.7 Å². The molecule has 0 fully saturated rings. The Morgan fingerprint density at radius 2 is 1.77 bits per heavy atom. The summed E-state index contributed by atoms with van der Waals surface area (Å²) in [6.45, 7) is 3.63. The van der Waals surface area contributed by atoms with Gasteiger partial charge in [-0.1, -0.05) is 50.2 Å². The van der Waals surface area contributed by atoms with E-state index in [1.165, 1.54) is 0 Å². The standard InChI is InChI=1S/C23H25Cl2N3O3/c1-15(2)13-20(22(29)27-12-11-26)28(23(30)31)18-9-7-16(8-10-18)19-6-4-3-5-17(19)14-21(24)25/h3-10,15,20-21H,12-14H2,1-2H3,(H,27,29)(H,30,31). The predicted octanol–water partition coefficient (Wildman–Crippen LogP) is 5.24. The summed E-state index contributed by atoms with van der Waals surface area (Å²) in [5.41, 5.74) is 3.19. The van der Waals surface area contributed by atoms with E-state index >= 15 is 0 Å². The predicted molar refractivity (Wildman–Crippen MR) is 123 cm³/mol. The maximum absolute atomic E-state index is 12.6. The van der Waals surface area contributed by atoms with E-state index in [1.54, 1.807) is 24.3 Å². The van der Waals surface area contributed by atoms with Gasteiger partial charge in [-0.2, -0.15) is 5.26 Å². The zero-order valence-corrected chi connectivity index (χ0v) is 18.9. The van der Waals surface area contributed by atoms with E-state index in [-0.39, 0.29) is 12.5 Å². The molecule has 0 heterocycles. The van der Waals surface area contributed by atoms with Crippen molar-refractivity contribution in [2.24, 2.45) is 5.92 Å². The van der Waals surface area contributed by atoms with Crippen molar-refractivity contribution in [1.29, 1.82) is 5.26 Å². The normalized spacial score (nSPS) is 11.8. The maximum atomic E-state index is 12.6. The molecule has 2 N–H and O–H groups in total. The van der Waals surface area contributed by atoms with Gasteiger partial charge in [-0.15, -0.1) is 23.2 Å². The minimum absolute atomic E-state index is 0.0740. The molecule has 164 valence electrons. The Morgan fingerprint density at radius 1 is 1.13 bits per heavy atom. The lowest BCUT2D eigenvalue weighted by Gasteiger charge is -2.29. The zero-order chi connectivity index (χ0) is 23.0. The van der Waals surface area contributed by atoms with E-state index in [0.29, 0.717) is 18.5 Å². The van der Waals surface area contributed by atoms with Crippen LogP contribution in [-0.2, 0) is 11.2 Å². The molecule has 8 heteroatoms. The third kappa shape index (κ3) is 6.88. The Hall–Kier alpha value is -2.75. The lowest BCUT2D eigenvalue weighted by atomic mass is 9.97. The first kappa shape index (κ1) is 24.5. The zero-order valence-electron chi connectivity index (χ0n) is 17.4. The van der Waals surface area contributed by atoms with Crippen LogP contribution < -0.4 is 10.2 Å². The number of halogens is 2. The van der Waals surface area contributed by atoms with Gasteiger partial charge >= 0.3 is 6.09 Å². The van der Waals surface area contributed by atoms with Gasteiger partial charge in [0, 0.05) is 12.1 Å². The van der Waals surface area contributed by atoms with E-state index in [9.17, 15) is 14.7 Å². The number of anilines is 1. The molecule has 0 aliphatic heterocycles. The second-order valence-electron chi connectivity index (χ2n) is 7.47. The van der Waals surface area contributed by atoms with Crippen LogP contribution in [0.1, 0.15) is 25.8 Å². The number of benzene rings is 2. The van der Waals surface area contributed by atoms with Gasteiger partial charge in [-0.3, -0.25) is 9.69 Å². The highest BCUT2D eigenvalue weighted by Gasteiger charge is 2.31. The number of carboxylic acid groups (broad SMARTS) is 1. The quantitative estimate of drug-likeness (QED) is 0.394. The average molecular weight is 462 g/mol. The fourth-order valence-electron chi connectivity index (χ4n) is 3.39. The maximum Gasteiger partial charge on any atom is 0.412 e. The number of rotatable bonds is 9. The van der Waals surface area contributed by atoms with E-state index < -0.39 is 22.9 Å². The molecule has 0 aromatic heterocycles. The molecule has 0 bridgehead atoms. The van der Waals surface area contributed by atoms with Crippen molar-refractivity contribution in [1.82, 2.24) is 5.32 Å². The van der Waals surface area contributed by atoms with Crippen LogP contribution in [0.15, 0.2) is 48.5 Å². The lowest BCUT2D eigenvalue weighted by Crippen LogP contribution is -2.50. The first-order chi connectivity index (χ1) is 14.7. The van der Waals surface area contributed by atoms with Crippen LogP contribution in [0.5, 0.6) is 0 Å². The Bertz CT molecular complexity index is 940. The number of alkyl halides is 2. The largest absolute Gasteiger partial charge is 0.465 e. The highest BCUT2D eigenvalue weighted by Crippen LogP contribution is 2.29. The van der Waals surface area contributed by atoms with Crippen LogP contribution in [0, 0.1) is 17.2 Å².